The van der Waals surface area contributed by atoms with Crippen LogP contribution in [0.4, 0.5) is 11.4 Å². The van der Waals surface area contributed by atoms with Crippen molar-refractivity contribution in [3.63, 3.8) is 0 Å². The van der Waals surface area contributed by atoms with Gasteiger partial charge in [0, 0.05) is 48.7 Å². The lowest BCUT2D eigenvalue weighted by molar-refractivity contribution is 0.0746. The number of anilines is 2. The summed E-state index contributed by atoms with van der Waals surface area (Å²) >= 11 is 3.33. The van der Waals surface area contributed by atoms with Crippen LogP contribution in [-0.2, 0) is 0 Å². The highest BCUT2D eigenvalue weighted by Crippen LogP contribution is 2.24. The summed E-state index contributed by atoms with van der Waals surface area (Å²) in [6.07, 6.45) is 3.23. The molecule has 1 aromatic carbocycles. The fourth-order valence-electron chi connectivity index (χ4n) is 2.78. The zero-order valence-electron chi connectivity index (χ0n) is 12.9. The smallest absolute Gasteiger partial charge is 0.255 e. The number of amides is 1. The maximum absolute atomic E-state index is 12.5. The number of carbonyl (C=O) groups excluding carboxylic acids is 1. The molecule has 1 amide bonds. The highest BCUT2D eigenvalue weighted by Gasteiger charge is 2.23. The molecule has 3 rings (SSSR count). The number of nitrogens with two attached hydrogens (primary N) is 1. The standard InChI is InChI=1S/C17H16BrN5O/c18-14-7-13(10-21-11-14)17(24)23-5-3-22(4-6-23)16-2-1-15(20)8-12(16)9-19/h1-2,7-8,10-11H,3-6,20H2. The maximum Gasteiger partial charge on any atom is 0.255 e. The van der Waals surface area contributed by atoms with E-state index in [0.717, 1.165) is 10.2 Å². The van der Waals surface area contributed by atoms with E-state index in [-0.39, 0.29) is 5.91 Å². The third kappa shape index (κ3) is 3.34. The zero-order valence-corrected chi connectivity index (χ0v) is 14.5. The highest BCUT2D eigenvalue weighted by atomic mass is 79.9. The summed E-state index contributed by atoms with van der Waals surface area (Å²) in [7, 11) is 0. The van der Waals surface area contributed by atoms with Crippen molar-refractivity contribution in [2.75, 3.05) is 36.8 Å². The van der Waals surface area contributed by atoms with Crippen LogP contribution < -0.4 is 10.6 Å². The van der Waals surface area contributed by atoms with E-state index < -0.39 is 0 Å². The van der Waals surface area contributed by atoms with Gasteiger partial charge in [0.2, 0.25) is 0 Å². The molecule has 1 aliphatic rings. The number of benzene rings is 1. The predicted octanol–water partition coefficient (Wildman–Crippen LogP) is 2.26. The Morgan fingerprint density at radius 2 is 1.96 bits per heavy atom. The van der Waals surface area contributed by atoms with E-state index in [1.165, 1.54) is 0 Å². The second-order valence-corrected chi connectivity index (χ2v) is 6.48. The van der Waals surface area contributed by atoms with Crippen LogP contribution in [0.15, 0.2) is 41.1 Å². The van der Waals surface area contributed by atoms with Gasteiger partial charge in [0.05, 0.1) is 16.8 Å². The topological polar surface area (TPSA) is 86.3 Å². The van der Waals surface area contributed by atoms with Crippen LogP contribution in [0.5, 0.6) is 0 Å². The van der Waals surface area contributed by atoms with Gasteiger partial charge in [-0.3, -0.25) is 9.78 Å². The van der Waals surface area contributed by atoms with Gasteiger partial charge in [0.15, 0.2) is 0 Å². The average molecular weight is 386 g/mol. The normalized spacial score (nSPS) is 14.3. The first-order valence-electron chi connectivity index (χ1n) is 7.53. The number of hydrogen-bond acceptors (Lipinski definition) is 5. The Bertz CT molecular complexity index is 809. The van der Waals surface area contributed by atoms with Crippen molar-refractivity contribution in [2.24, 2.45) is 0 Å². The Morgan fingerprint density at radius 1 is 1.21 bits per heavy atom. The number of nitrogen functional groups attached to an aromatic ring is 1. The maximum atomic E-state index is 12.5. The molecule has 0 atom stereocenters. The summed E-state index contributed by atoms with van der Waals surface area (Å²) < 4.78 is 0.785. The van der Waals surface area contributed by atoms with E-state index in [2.05, 4.69) is 31.9 Å². The molecule has 1 aromatic heterocycles. The number of nitriles is 1. The molecule has 6 nitrogen and oxygen atoms in total. The van der Waals surface area contributed by atoms with Crippen LogP contribution in [0.3, 0.4) is 0 Å². The summed E-state index contributed by atoms with van der Waals surface area (Å²) in [4.78, 5) is 20.5. The van der Waals surface area contributed by atoms with Gasteiger partial charge in [-0.15, -0.1) is 0 Å². The quantitative estimate of drug-likeness (QED) is 0.801. The number of hydrogen-bond donors (Lipinski definition) is 1. The van der Waals surface area contributed by atoms with Crippen LogP contribution >= 0.6 is 15.9 Å². The van der Waals surface area contributed by atoms with Gasteiger partial charge in [0.1, 0.15) is 6.07 Å². The van der Waals surface area contributed by atoms with Crippen molar-refractivity contribution in [3.8, 4) is 6.07 Å². The highest BCUT2D eigenvalue weighted by molar-refractivity contribution is 9.10. The number of pyridine rings is 1. The summed E-state index contributed by atoms with van der Waals surface area (Å²) in [6, 6.07) is 9.30. The van der Waals surface area contributed by atoms with Crippen LogP contribution in [-0.4, -0.2) is 42.0 Å². The van der Waals surface area contributed by atoms with Crippen LogP contribution in [0.1, 0.15) is 15.9 Å². The molecule has 0 saturated carbocycles. The van der Waals surface area contributed by atoms with Crippen molar-refractivity contribution < 1.29 is 4.79 Å². The first-order valence-corrected chi connectivity index (χ1v) is 8.32. The average Bonchev–Trinajstić information content (AvgIpc) is 2.61. The van der Waals surface area contributed by atoms with Crippen molar-refractivity contribution in [3.05, 3.63) is 52.3 Å². The first kappa shape index (κ1) is 16.3. The minimum atomic E-state index is -0.0266. The van der Waals surface area contributed by atoms with Crippen LogP contribution in [0, 0.1) is 11.3 Å². The molecule has 0 radical (unpaired) electrons. The Balaban J connectivity index is 1.70. The Labute approximate surface area is 148 Å². The van der Waals surface area contributed by atoms with Gasteiger partial charge < -0.3 is 15.5 Å². The molecule has 2 aromatic rings. The third-order valence-electron chi connectivity index (χ3n) is 4.00. The lowest BCUT2D eigenvalue weighted by Gasteiger charge is -2.36. The minimum absolute atomic E-state index is 0.0266. The van der Waals surface area contributed by atoms with Crippen molar-refractivity contribution in [1.29, 1.82) is 5.26 Å². The van der Waals surface area contributed by atoms with Gasteiger partial charge in [-0.25, -0.2) is 0 Å². The number of piperazine rings is 1. The minimum Gasteiger partial charge on any atom is -0.399 e. The summed E-state index contributed by atoms with van der Waals surface area (Å²) in [5, 5.41) is 9.28. The van der Waals surface area contributed by atoms with E-state index in [9.17, 15) is 10.1 Å². The molecule has 122 valence electrons. The molecule has 0 unspecified atom stereocenters. The van der Waals surface area contributed by atoms with Gasteiger partial charge >= 0.3 is 0 Å². The van der Waals surface area contributed by atoms with E-state index in [0.29, 0.717) is 43.0 Å². The van der Waals surface area contributed by atoms with E-state index in [1.807, 2.05) is 11.0 Å². The van der Waals surface area contributed by atoms with Crippen molar-refractivity contribution in [2.45, 2.75) is 0 Å². The third-order valence-corrected chi connectivity index (χ3v) is 4.43. The molecule has 1 aliphatic heterocycles. The molecule has 7 heteroatoms. The Kier molecular flexibility index (Phi) is 4.67. The fourth-order valence-corrected chi connectivity index (χ4v) is 3.15. The monoisotopic (exact) mass is 385 g/mol. The predicted molar refractivity (Wildman–Crippen MR) is 95.6 cm³/mol. The fraction of sp³-hybridized carbons (Fsp3) is 0.235. The summed E-state index contributed by atoms with van der Waals surface area (Å²) in [6.45, 7) is 2.54. The van der Waals surface area contributed by atoms with Crippen molar-refractivity contribution >= 4 is 33.2 Å². The Morgan fingerprint density at radius 3 is 2.62 bits per heavy atom. The second-order valence-electron chi connectivity index (χ2n) is 5.56. The molecule has 1 fully saturated rings. The number of halogens is 1. The Hall–Kier alpha value is -2.59. The lowest BCUT2D eigenvalue weighted by atomic mass is 10.1. The van der Waals surface area contributed by atoms with Gasteiger partial charge in [-0.1, -0.05) is 0 Å². The molecule has 0 aliphatic carbocycles. The molecule has 0 spiro atoms. The molecule has 1 saturated heterocycles. The molecular weight excluding hydrogens is 370 g/mol. The van der Waals surface area contributed by atoms with Crippen LogP contribution in [0.2, 0.25) is 0 Å². The van der Waals surface area contributed by atoms with E-state index in [1.54, 1.807) is 30.6 Å². The number of nitrogens with zero attached hydrogens (tertiary/aromatic N) is 4. The lowest BCUT2D eigenvalue weighted by Crippen LogP contribution is -2.49. The zero-order chi connectivity index (χ0) is 17.1. The van der Waals surface area contributed by atoms with Crippen molar-refractivity contribution in [1.82, 2.24) is 9.88 Å². The number of aromatic nitrogens is 1. The molecule has 2 N–H and O–H groups in total. The SMILES string of the molecule is N#Cc1cc(N)ccc1N1CCN(C(=O)c2cncc(Br)c2)CC1. The van der Waals surface area contributed by atoms with E-state index >= 15 is 0 Å². The molecule has 2 heterocycles. The van der Waals surface area contributed by atoms with Crippen LogP contribution in [0.25, 0.3) is 0 Å². The molecular formula is C17H16BrN5O. The molecule has 0 bridgehead atoms. The van der Waals surface area contributed by atoms with Gasteiger partial charge in [-0.2, -0.15) is 5.26 Å². The second kappa shape index (κ2) is 6.89. The number of rotatable bonds is 2. The molecule has 24 heavy (non-hydrogen) atoms. The number of carbonyl (C=O) groups is 1. The first-order chi connectivity index (χ1) is 11.6. The summed E-state index contributed by atoms with van der Waals surface area (Å²) in [5.41, 5.74) is 8.31. The van der Waals surface area contributed by atoms with Gasteiger partial charge in [-0.05, 0) is 40.2 Å². The summed E-state index contributed by atoms with van der Waals surface area (Å²) in [5.74, 6) is -0.0266. The van der Waals surface area contributed by atoms with Gasteiger partial charge in [0.25, 0.3) is 5.91 Å². The van der Waals surface area contributed by atoms with E-state index in [4.69, 9.17) is 5.73 Å². The largest absolute Gasteiger partial charge is 0.399 e.